The summed E-state index contributed by atoms with van der Waals surface area (Å²) in [5.74, 6) is -0.470. The van der Waals surface area contributed by atoms with E-state index in [-0.39, 0.29) is 4.88 Å². The molecular formula is C14H15NO3S. The fraction of sp³-hybridized carbons (Fsp3) is 0.286. The molecule has 0 aliphatic carbocycles. The summed E-state index contributed by atoms with van der Waals surface area (Å²) in [6, 6.07) is 7.52. The molecule has 0 saturated heterocycles. The van der Waals surface area contributed by atoms with Crippen molar-refractivity contribution >= 4 is 17.3 Å². The molecule has 0 aliphatic heterocycles. The number of carbonyl (C=O) groups is 1. The molecule has 0 aliphatic rings. The molecule has 0 fully saturated rings. The zero-order valence-corrected chi connectivity index (χ0v) is 11.4. The largest absolute Gasteiger partial charge is 0.491 e. The first-order chi connectivity index (χ1) is 9.20. The van der Waals surface area contributed by atoms with Crippen LogP contribution in [0.15, 0.2) is 30.5 Å². The monoisotopic (exact) mass is 277 g/mol. The Morgan fingerprint density at radius 2 is 2.32 bits per heavy atom. The summed E-state index contributed by atoms with van der Waals surface area (Å²) < 4.78 is 5.57. The van der Waals surface area contributed by atoms with E-state index in [9.17, 15) is 4.79 Å². The van der Waals surface area contributed by atoms with Gasteiger partial charge in [0.25, 0.3) is 0 Å². The van der Waals surface area contributed by atoms with Crippen LogP contribution in [0.2, 0.25) is 0 Å². The molecular weight excluding hydrogens is 262 g/mol. The van der Waals surface area contributed by atoms with Gasteiger partial charge in [-0.15, -0.1) is 11.3 Å². The average molecular weight is 277 g/mol. The first-order valence-corrected chi connectivity index (χ1v) is 6.91. The number of thiophene rings is 1. The summed E-state index contributed by atoms with van der Waals surface area (Å²) in [6.07, 6.45) is 3.21. The van der Waals surface area contributed by atoms with Gasteiger partial charge in [0.05, 0.1) is 6.61 Å². The van der Waals surface area contributed by atoms with Gasteiger partial charge in [0, 0.05) is 23.2 Å². The number of pyridine rings is 1. The minimum atomic E-state index is -0.933. The van der Waals surface area contributed by atoms with E-state index in [1.54, 1.807) is 6.20 Å². The highest BCUT2D eigenvalue weighted by Gasteiger charge is 2.16. The number of hydrogen-bond acceptors (Lipinski definition) is 4. The standard InChI is InChI=1S/C14H15NO3S/c1-2-11-9-12(13(19-11)14(16)17)18-8-6-10-5-3-4-7-15-10/h3-5,7,9H,2,6,8H2,1H3,(H,16,17). The van der Waals surface area contributed by atoms with E-state index in [0.29, 0.717) is 18.8 Å². The maximum Gasteiger partial charge on any atom is 0.349 e. The summed E-state index contributed by atoms with van der Waals surface area (Å²) >= 11 is 1.27. The molecule has 0 atom stereocenters. The lowest BCUT2D eigenvalue weighted by atomic mass is 10.3. The van der Waals surface area contributed by atoms with Gasteiger partial charge in [0.1, 0.15) is 5.75 Å². The second-order valence-electron chi connectivity index (χ2n) is 3.98. The molecule has 100 valence electrons. The van der Waals surface area contributed by atoms with Crippen LogP contribution in [-0.4, -0.2) is 22.7 Å². The number of ether oxygens (including phenoxy) is 1. The van der Waals surface area contributed by atoms with Crippen LogP contribution < -0.4 is 4.74 Å². The summed E-state index contributed by atoms with van der Waals surface area (Å²) in [6.45, 7) is 2.42. The predicted octanol–water partition coefficient (Wildman–Crippen LogP) is 3.03. The van der Waals surface area contributed by atoms with Crippen molar-refractivity contribution in [3.05, 3.63) is 45.9 Å². The second-order valence-corrected chi connectivity index (χ2v) is 5.12. The third-order valence-corrected chi connectivity index (χ3v) is 3.88. The lowest BCUT2D eigenvalue weighted by Gasteiger charge is -2.04. The first kappa shape index (κ1) is 13.5. The molecule has 0 saturated carbocycles. The third-order valence-electron chi connectivity index (χ3n) is 2.63. The van der Waals surface area contributed by atoms with Gasteiger partial charge in [0.15, 0.2) is 4.88 Å². The number of rotatable bonds is 6. The normalized spacial score (nSPS) is 10.4. The number of carboxylic acids is 1. The Kier molecular flexibility index (Phi) is 4.52. The molecule has 1 N–H and O–H groups in total. The van der Waals surface area contributed by atoms with Crippen LogP contribution in [0.3, 0.4) is 0 Å². The Morgan fingerprint density at radius 3 is 2.95 bits per heavy atom. The Labute approximate surface area is 115 Å². The molecule has 0 spiro atoms. The molecule has 2 heterocycles. The summed E-state index contributed by atoms with van der Waals surface area (Å²) in [5, 5.41) is 9.11. The molecule has 2 rings (SSSR count). The van der Waals surface area contributed by atoms with E-state index in [0.717, 1.165) is 17.0 Å². The van der Waals surface area contributed by atoms with Crippen molar-refractivity contribution in [2.75, 3.05) is 6.61 Å². The van der Waals surface area contributed by atoms with Crippen LogP contribution in [0.25, 0.3) is 0 Å². The molecule has 0 aromatic carbocycles. The van der Waals surface area contributed by atoms with Crippen molar-refractivity contribution in [1.29, 1.82) is 0 Å². The van der Waals surface area contributed by atoms with Gasteiger partial charge in [-0.3, -0.25) is 4.98 Å². The zero-order valence-electron chi connectivity index (χ0n) is 10.6. The van der Waals surface area contributed by atoms with Gasteiger partial charge in [-0.25, -0.2) is 4.79 Å². The van der Waals surface area contributed by atoms with Crippen molar-refractivity contribution < 1.29 is 14.6 Å². The van der Waals surface area contributed by atoms with Gasteiger partial charge >= 0.3 is 5.97 Å². The van der Waals surface area contributed by atoms with E-state index in [4.69, 9.17) is 9.84 Å². The van der Waals surface area contributed by atoms with Crippen molar-refractivity contribution in [3.63, 3.8) is 0 Å². The number of aromatic nitrogens is 1. The number of hydrogen-bond donors (Lipinski definition) is 1. The van der Waals surface area contributed by atoms with Gasteiger partial charge < -0.3 is 9.84 Å². The van der Waals surface area contributed by atoms with Crippen LogP contribution in [0, 0.1) is 0 Å². The molecule has 0 unspecified atom stereocenters. The highest BCUT2D eigenvalue weighted by Crippen LogP contribution is 2.29. The van der Waals surface area contributed by atoms with Crippen molar-refractivity contribution in [1.82, 2.24) is 4.98 Å². The Balaban J connectivity index is 1.99. The maximum atomic E-state index is 11.1. The molecule has 4 nitrogen and oxygen atoms in total. The summed E-state index contributed by atoms with van der Waals surface area (Å²) in [5.41, 5.74) is 0.935. The third kappa shape index (κ3) is 3.54. The first-order valence-electron chi connectivity index (χ1n) is 6.09. The highest BCUT2D eigenvalue weighted by atomic mass is 32.1. The molecule has 0 amide bonds. The number of aromatic carboxylic acids is 1. The molecule has 0 bridgehead atoms. The van der Waals surface area contributed by atoms with Gasteiger partial charge in [-0.2, -0.15) is 0 Å². The fourth-order valence-corrected chi connectivity index (χ4v) is 2.54. The zero-order chi connectivity index (χ0) is 13.7. The van der Waals surface area contributed by atoms with Gasteiger partial charge in [0.2, 0.25) is 0 Å². The van der Waals surface area contributed by atoms with E-state index >= 15 is 0 Å². The average Bonchev–Trinajstić information content (AvgIpc) is 2.83. The topological polar surface area (TPSA) is 59.4 Å². The smallest absolute Gasteiger partial charge is 0.349 e. The summed E-state index contributed by atoms with van der Waals surface area (Å²) in [4.78, 5) is 16.6. The molecule has 2 aromatic rings. The van der Waals surface area contributed by atoms with E-state index < -0.39 is 5.97 Å². The second kappa shape index (κ2) is 6.33. The highest BCUT2D eigenvalue weighted by molar-refractivity contribution is 7.14. The summed E-state index contributed by atoms with van der Waals surface area (Å²) in [7, 11) is 0. The Morgan fingerprint density at radius 1 is 1.47 bits per heavy atom. The number of carboxylic acid groups (broad SMARTS) is 1. The fourth-order valence-electron chi connectivity index (χ4n) is 1.66. The lowest BCUT2D eigenvalue weighted by Crippen LogP contribution is -2.04. The van der Waals surface area contributed by atoms with E-state index in [1.807, 2.05) is 31.2 Å². The molecule has 2 aromatic heterocycles. The van der Waals surface area contributed by atoms with Crippen LogP contribution >= 0.6 is 11.3 Å². The lowest BCUT2D eigenvalue weighted by molar-refractivity contribution is 0.0698. The van der Waals surface area contributed by atoms with Crippen LogP contribution in [0.5, 0.6) is 5.75 Å². The number of nitrogens with zero attached hydrogens (tertiary/aromatic N) is 1. The van der Waals surface area contributed by atoms with Crippen LogP contribution in [-0.2, 0) is 12.8 Å². The maximum absolute atomic E-state index is 11.1. The number of aryl methyl sites for hydroxylation is 1. The van der Waals surface area contributed by atoms with E-state index in [2.05, 4.69) is 4.98 Å². The molecule has 19 heavy (non-hydrogen) atoms. The minimum absolute atomic E-state index is 0.276. The van der Waals surface area contributed by atoms with Gasteiger partial charge in [-0.05, 0) is 24.6 Å². The quantitative estimate of drug-likeness (QED) is 0.881. The minimum Gasteiger partial charge on any atom is -0.491 e. The predicted molar refractivity (Wildman–Crippen MR) is 74.1 cm³/mol. The molecule has 5 heteroatoms. The van der Waals surface area contributed by atoms with Crippen molar-refractivity contribution in [2.45, 2.75) is 19.8 Å². The van der Waals surface area contributed by atoms with Crippen LogP contribution in [0.4, 0.5) is 0 Å². The van der Waals surface area contributed by atoms with Crippen molar-refractivity contribution in [3.8, 4) is 5.75 Å². The van der Waals surface area contributed by atoms with Crippen molar-refractivity contribution in [2.24, 2.45) is 0 Å². The Bertz CT molecular complexity index is 551. The van der Waals surface area contributed by atoms with E-state index in [1.165, 1.54) is 11.3 Å². The van der Waals surface area contributed by atoms with Crippen LogP contribution in [0.1, 0.15) is 27.2 Å². The Hall–Kier alpha value is -1.88. The van der Waals surface area contributed by atoms with Gasteiger partial charge in [-0.1, -0.05) is 13.0 Å². The molecule has 0 radical (unpaired) electrons. The SMILES string of the molecule is CCc1cc(OCCc2ccccn2)c(C(=O)O)s1.